The van der Waals surface area contributed by atoms with Crippen LogP contribution in [0.4, 0.5) is 0 Å². The summed E-state index contributed by atoms with van der Waals surface area (Å²) in [5.74, 6) is 0.558. The molecule has 3 heteroatoms. The summed E-state index contributed by atoms with van der Waals surface area (Å²) in [4.78, 5) is 9.46. The number of para-hydroxylation sites is 1. The second-order valence-corrected chi connectivity index (χ2v) is 10.6. The molecule has 3 nitrogen and oxygen atoms in total. The summed E-state index contributed by atoms with van der Waals surface area (Å²) in [7, 11) is 0. The average molecular weight is 497 g/mol. The van der Waals surface area contributed by atoms with Crippen molar-refractivity contribution in [3.8, 4) is 22.5 Å². The van der Waals surface area contributed by atoms with Gasteiger partial charge in [-0.3, -0.25) is 9.97 Å². The first kappa shape index (κ1) is 24.1. The van der Waals surface area contributed by atoms with Gasteiger partial charge in [-0.2, -0.15) is 0 Å². The molecule has 0 spiro atoms. The van der Waals surface area contributed by atoms with Crippen molar-refractivity contribution in [2.75, 3.05) is 0 Å². The summed E-state index contributed by atoms with van der Waals surface area (Å²) < 4.78 is 6.72. The van der Waals surface area contributed by atoms with Crippen molar-refractivity contribution in [2.24, 2.45) is 5.92 Å². The summed E-state index contributed by atoms with van der Waals surface area (Å²) in [6, 6.07) is 30.0. The Balaban J connectivity index is 1.46. The molecule has 0 aliphatic carbocycles. The SMILES string of the molecule is Cc1ccc(-c2ccccc2CCc2ccc3c(oc4c(CC(C)C)cccc43)c2-c2ccccn2)nc1. The molecule has 0 radical (unpaired) electrons. The van der Waals surface area contributed by atoms with Crippen LogP contribution in [0.3, 0.4) is 0 Å². The Morgan fingerprint density at radius 3 is 2.24 bits per heavy atom. The normalized spacial score (nSPS) is 11.6. The van der Waals surface area contributed by atoms with E-state index in [4.69, 9.17) is 14.4 Å². The Bertz CT molecular complexity index is 1710. The minimum atomic E-state index is 0.558. The minimum absolute atomic E-state index is 0.558. The molecule has 0 fully saturated rings. The topological polar surface area (TPSA) is 38.9 Å². The average Bonchev–Trinajstić information content (AvgIpc) is 3.32. The van der Waals surface area contributed by atoms with Crippen molar-refractivity contribution < 1.29 is 4.42 Å². The van der Waals surface area contributed by atoms with Gasteiger partial charge in [-0.15, -0.1) is 0 Å². The van der Waals surface area contributed by atoms with E-state index in [9.17, 15) is 0 Å². The molecule has 6 rings (SSSR count). The summed E-state index contributed by atoms with van der Waals surface area (Å²) >= 11 is 0. The van der Waals surface area contributed by atoms with Crippen LogP contribution in [0.2, 0.25) is 0 Å². The molecule has 0 N–H and O–H groups in total. The Hall–Kier alpha value is -4.24. The lowest BCUT2D eigenvalue weighted by molar-refractivity contribution is 0.623. The number of hydrogen-bond donors (Lipinski definition) is 0. The van der Waals surface area contributed by atoms with E-state index in [1.807, 2.05) is 18.5 Å². The van der Waals surface area contributed by atoms with E-state index >= 15 is 0 Å². The number of benzene rings is 3. The molecular weight excluding hydrogens is 464 g/mol. The molecule has 3 aromatic heterocycles. The number of aromatic nitrogens is 2. The maximum Gasteiger partial charge on any atom is 0.145 e. The van der Waals surface area contributed by atoms with E-state index in [1.54, 1.807) is 0 Å². The van der Waals surface area contributed by atoms with E-state index in [1.165, 1.54) is 33.2 Å². The zero-order valence-electron chi connectivity index (χ0n) is 22.2. The number of hydrogen-bond acceptors (Lipinski definition) is 3. The van der Waals surface area contributed by atoms with Crippen LogP contribution < -0.4 is 0 Å². The second-order valence-electron chi connectivity index (χ2n) is 10.6. The van der Waals surface area contributed by atoms with Crippen molar-refractivity contribution in [1.29, 1.82) is 0 Å². The monoisotopic (exact) mass is 496 g/mol. The van der Waals surface area contributed by atoms with Gasteiger partial charge in [0.25, 0.3) is 0 Å². The van der Waals surface area contributed by atoms with E-state index in [0.29, 0.717) is 5.92 Å². The zero-order valence-corrected chi connectivity index (χ0v) is 22.2. The molecule has 0 saturated carbocycles. The lowest BCUT2D eigenvalue weighted by Crippen LogP contribution is -1.98. The van der Waals surface area contributed by atoms with Crippen LogP contribution in [-0.4, -0.2) is 9.97 Å². The first-order valence-electron chi connectivity index (χ1n) is 13.5. The highest BCUT2D eigenvalue weighted by Crippen LogP contribution is 2.39. The Labute approximate surface area is 224 Å². The highest BCUT2D eigenvalue weighted by atomic mass is 16.3. The molecule has 0 atom stereocenters. The lowest BCUT2D eigenvalue weighted by Gasteiger charge is -2.13. The molecular formula is C35H32N2O. The predicted octanol–water partition coefficient (Wildman–Crippen LogP) is 9.00. The molecule has 3 heterocycles. The molecule has 0 bridgehead atoms. The van der Waals surface area contributed by atoms with Gasteiger partial charge < -0.3 is 4.42 Å². The predicted molar refractivity (Wildman–Crippen MR) is 157 cm³/mol. The van der Waals surface area contributed by atoms with E-state index < -0.39 is 0 Å². The van der Waals surface area contributed by atoms with Crippen molar-refractivity contribution in [2.45, 2.75) is 40.0 Å². The standard InChI is InChI=1S/C35H32N2O/c1-23(2)21-27-10-8-12-29-30-18-17-26(33(35(30)38-34(27)29)32-13-6-7-20-36-32)16-15-25-9-4-5-11-28(25)31-19-14-24(3)22-37-31/h4-14,17-20,22-23H,15-16,21H2,1-3H3. The highest BCUT2D eigenvalue weighted by Gasteiger charge is 2.19. The van der Waals surface area contributed by atoms with Gasteiger partial charge in [0.2, 0.25) is 0 Å². The highest BCUT2D eigenvalue weighted by molar-refractivity contribution is 6.10. The van der Waals surface area contributed by atoms with E-state index in [-0.39, 0.29) is 0 Å². The van der Waals surface area contributed by atoms with Crippen LogP contribution in [0.1, 0.15) is 36.1 Å². The second kappa shape index (κ2) is 10.3. The third kappa shape index (κ3) is 4.61. The third-order valence-corrected chi connectivity index (χ3v) is 7.25. The van der Waals surface area contributed by atoms with Crippen LogP contribution in [0.25, 0.3) is 44.5 Å². The first-order chi connectivity index (χ1) is 18.6. The Kier molecular flexibility index (Phi) is 6.51. The van der Waals surface area contributed by atoms with E-state index in [0.717, 1.165) is 52.8 Å². The number of aryl methyl sites for hydroxylation is 3. The quantitative estimate of drug-likeness (QED) is 0.221. The van der Waals surface area contributed by atoms with Crippen molar-refractivity contribution in [3.05, 3.63) is 120 Å². The van der Waals surface area contributed by atoms with Gasteiger partial charge in [0.15, 0.2) is 0 Å². The smallest absolute Gasteiger partial charge is 0.145 e. The summed E-state index contributed by atoms with van der Waals surface area (Å²) in [5, 5.41) is 2.33. The van der Waals surface area contributed by atoms with Crippen LogP contribution in [0, 0.1) is 12.8 Å². The van der Waals surface area contributed by atoms with Crippen LogP contribution >= 0.6 is 0 Å². The molecule has 38 heavy (non-hydrogen) atoms. The lowest BCUT2D eigenvalue weighted by atomic mass is 9.93. The molecule has 0 unspecified atom stereocenters. The maximum absolute atomic E-state index is 6.72. The van der Waals surface area contributed by atoms with Gasteiger partial charge in [0, 0.05) is 34.3 Å². The van der Waals surface area contributed by atoms with Crippen LogP contribution in [0.5, 0.6) is 0 Å². The Morgan fingerprint density at radius 1 is 0.658 bits per heavy atom. The minimum Gasteiger partial charge on any atom is -0.455 e. The third-order valence-electron chi connectivity index (χ3n) is 7.25. The van der Waals surface area contributed by atoms with Crippen molar-refractivity contribution in [3.63, 3.8) is 0 Å². The van der Waals surface area contributed by atoms with Gasteiger partial charge in [-0.1, -0.05) is 80.6 Å². The molecule has 188 valence electrons. The molecule has 3 aromatic carbocycles. The first-order valence-corrected chi connectivity index (χ1v) is 13.5. The van der Waals surface area contributed by atoms with E-state index in [2.05, 4.69) is 99.6 Å². The van der Waals surface area contributed by atoms with Crippen molar-refractivity contribution >= 4 is 21.9 Å². The fraction of sp³-hybridized carbons (Fsp3) is 0.200. The van der Waals surface area contributed by atoms with Gasteiger partial charge >= 0.3 is 0 Å². The van der Waals surface area contributed by atoms with Crippen LogP contribution in [0.15, 0.2) is 102 Å². The molecule has 6 aromatic rings. The van der Waals surface area contributed by atoms with Gasteiger partial charge in [-0.05, 0) is 72.6 Å². The fourth-order valence-electron chi connectivity index (χ4n) is 5.45. The number of fused-ring (bicyclic) bond motifs is 3. The summed E-state index contributed by atoms with van der Waals surface area (Å²) in [6.07, 6.45) is 6.57. The molecule has 0 aliphatic heterocycles. The van der Waals surface area contributed by atoms with Gasteiger partial charge in [0.05, 0.1) is 11.4 Å². The summed E-state index contributed by atoms with van der Waals surface area (Å²) in [6.45, 7) is 6.58. The van der Waals surface area contributed by atoms with Crippen molar-refractivity contribution in [1.82, 2.24) is 9.97 Å². The molecule has 0 aliphatic rings. The molecule has 0 amide bonds. The van der Waals surface area contributed by atoms with Crippen LogP contribution in [-0.2, 0) is 19.3 Å². The van der Waals surface area contributed by atoms with Gasteiger partial charge in [-0.25, -0.2) is 0 Å². The fourth-order valence-corrected chi connectivity index (χ4v) is 5.45. The number of nitrogens with zero attached hydrogens (tertiary/aromatic N) is 2. The number of pyridine rings is 2. The Morgan fingerprint density at radius 2 is 1.45 bits per heavy atom. The number of rotatable bonds is 7. The number of furan rings is 1. The maximum atomic E-state index is 6.72. The van der Waals surface area contributed by atoms with Gasteiger partial charge in [0.1, 0.15) is 11.2 Å². The zero-order chi connectivity index (χ0) is 26.1. The molecule has 0 saturated heterocycles. The summed E-state index contributed by atoms with van der Waals surface area (Å²) in [5.41, 5.74) is 11.2. The largest absolute Gasteiger partial charge is 0.455 e.